The summed E-state index contributed by atoms with van der Waals surface area (Å²) < 4.78 is 5.69. The number of carbonyl (C=O) groups excluding carboxylic acids is 1. The Morgan fingerprint density at radius 3 is 1.45 bits per heavy atom. The van der Waals surface area contributed by atoms with Gasteiger partial charge in [-0.15, -0.1) is 0 Å². The smallest absolute Gasteiger partial charge is 0.308 e. The van der Waals surface area contributed by atoms with E-state index >= 15 is 0 Å². The van der Waals surface area contributed by atoms with Crippen molar-refractivity contribution < 1.29 is 14.6 Å². The summed E-state index contributed by atoms with van der Waals surface area (Å²) >= 11 is 0. The molecular formula is C34H69NO3. The summed E-state index contributed by atoms with van der Waals surface area (Å²) in [5.74, 6) is 0.191. The molecule has 4 heteroatoms. The number of aliphatic hydroxyl groups excluding tert-OH is 1. The third kappa shape index (κ3) is 25.7. The highest BCUT2D eigenvalue weighted by Gasteiger charge is 2.19. The van der Waals surface area contributed by atoms with E-state index in [9.17, 15) is 9.90 Å². The van der Waals surface area contributed by atoms with E-state index in [0.717, 1.165) is 51.7 Å². The second kappa shape index (κ2) is 30.9. The van der Waals surface area contributed by atoms with Crippen molar-refractivity contribution in [3.05, 3.63) is 0 Å². The molecule has 0 spiro atoms. The fraction of sp³-hybridized carbons (Fsp3) is 0.971. The minimum Gasteiger partial charge on any atom is -0.465 e. The summed E-state index contributed by atoms with van der Waals surface area (Å²) in [7, 11) is 0. The van der Waals surface area contributed by atoms with Gasteiger partial charge in [-0.2, -0.15) is 0 Å². The van der Waals surface area contributed by atoms with Crippen molar-refractivity contribution in [2.24, 2.45) is 5.92 Å². The van der Waals surface area contributed by atoms with E-state index in [1.165, 1.54) is 122 Å². The van der Waals surface area contributed by atoms with Crippen LogP contribution in [0.4, 0.5) is 0 Å². The summed E-state index contributed by atoms with van der Waals surface area (Å²) in [4.78, 5) is 15.1. The SMILES string of the molecule is CCCCCCCCCCN(CCO)CCCCCCCCCOC(=O)C(CCCCC)CCCCCC. The zero-order valence-electron chi connectivity index (χ0n) is 26.3. The summed E-state index contributed by atoms with van der Waals surface area (Å²) in [6.45, 7) is 10.7. The zero-order chi connectivity index (χ0) is 27.9. The maximum atomic E-state index is 12.6. The highest BCUT2D eigenvalue weighted by molar-refractivity contribution is 5.72. The molecule has 1 atom stereocenters. The number of aliphatic hydroxyl groups is 1. The van der Waals surface area contributed by atoms with Crippen molar-refractivity contribution in [3.8, 4) is 0 Å². The predicted octanol–water partition coefficient (Wildman–Crippen LogP) is 9.86. The van der Waals surface area contributed by atoms with Gasteiger partial charge in [0.1, 0.15) is 0 Å². The number of carbonyl (C=O) groups is 1. The molecule has 0 saturated heterocycles. The Balaban J connectivity index is 3.77. The van der Waals surface area contributed by atoms with Gasteiger partial charge in [0.05, 0.1) is 19.1 Å². The molecule has 0 aromatic rings. The normalized spacial score (nSPS) is 12.3. The lowest BCUT2D eigenvalue weighted by atomic mass is 9.95. The van der Waals surface area contributed by atoms with Gasteiger partial charge in [-0.05, 0) is 45.2 Å². The van der Waals surface area contributed by atoms with E-state index in [1.54, 1.807) is 0 Å². The first-order chi connectivity index (χ1) is 18.7. The first kappa shape index (κ1) is 37.4. The van der Waals surface area contributed by atoms with E-state index in [1.807, 2.05) is 0 Å². The minimum absolute atomic E-state index is 0.0667. The van der Waals surface area contributed by atoms with Crippen molar-refractivity contribution >= 4 is 5.97 Å². The van der Waals surface area contributed by atoms with Gasteiger partial charge in [-0.25, -0.2) is 0 Å². The summed E-state index contributed by atoms with van der Waals surface area (Å²) in [5, 5.41) is 9.40. The van der Waals surface area contributed by atoms with Crippen LogP contribution in [0.15, 0.2) is 0 Å². The van der Waals surface area contributed by atoms with Crippen LogP contribution >= 0.6 is 0 Å². The molecule has 228 valence electrons. The quantitative estimate of drug-likeness (QED) is 0.0703. The van der Waals surface area contributed by atoms with Crippen LogP contribution in [0, 0.1) is 5.92 Å². The Labute approximate surface area is 239 Å². The number of unbranched alkanes of at least 4 members (excludes halogenated alkanes) is 18. The molecule has 0 saturated carbocycles. The molecule has 4 nitrogen and oxygen atoms in total. The van der Waals surface area contributed by atoms with Crippen LogP contribution in [0.2, 0.25) is 0 Å². The maximum absolute atomic E-state index is 12.6. The van der Waals surface area contributed by atoms with Crippen LogP contribution in [0.25, 0.3) is 0 Å². The molecule has 0 rings (SSSR count). The van der Waals surface area contributed by atoms with E-state index in [2.05, 4.69) is 25.7 Å². The van der Waals surface area contributed by atoms with Gasteiger partial charge in [0.2, 0.25) is 0 Å². The summed E-state index contributed by atoms with van der Waals surface area (Å²) in [6.07, 6.45) is 29.9. The van der Waals surface area contributed by atoms with Gasteiger partial charge < -0.3 is 14.7 Å². The van der Waals surface area contributed by atoms with Crippen LogP contribution in [-0.2, 0) is 9.53 Å². The molecule has 38 heavy (non-hydrogen) atoms. The molecule has 0 aromatic heterocycles. The van der Waals surface area contributed by atoms with Crippen molar-refractivity contribution in [3.63, 3.8) is 0 Å². The number of esters is 1. The fourth-order valence-electron chi connectivity index (χ4n) is 5.40. The summed E-state index contributed by atoms with van der Waals surface area (Å²) in [5.41, 5.74) is 0. The molecule has 0 heterocycles. The highest BCUT2D eigenvalue weighted by atomic mass is 16.5. The second-order valence-electron chi connectivity index (χ2n) is 11.7. The summed E-state index contributed by atoms with van der Waals surface area (Å²) in [6, 6.07) is 0. The molecule has 1 unspecified atom stereocenters. The Hall–Kier alpha value is -0.610. The van der Waals surface area contributed by atoms with Gasteiger partial charge in [-0.3, -0.25) is 4.79 Å². The molecule has 0 amide bonds. The van der Waals surface area contributed by atoms with E-state index in [-0.39, 0.29) is 18.5 Å². The Bertz CT molecular complexity index is 471. The molecule has 0 aliphatic carbocycles. The fourth-order valence-corrected chi connectivity index (χ4v) is 5.40. The standard InChI is InChI=1S/C34H69NO3/c1-4-7-10-12-13-15-18-23-28-35(30-31-36)29-24-19-16-14-17-20-25-32-38-34(37)33(26-21-9-6-3)27-22-11-8-5-2/h33,36H,4-32H2,1-3H3. The first-order valence-corrected chi connectivity index (χ1v) is 17.2. The van der Waals surface area contributed by atoms with Crippen molar-refractivity contribution in [1.29, 1.82) is 0 Å². The third-order valence-corrected chi connectivity index (χ3v) is 8.00. The van der Waals surface area contributed by atoms with E-state index < -0.39 is 0 Å². The third-order valence-electron chi connectivity index (χ3n) is 8.00. The van der Waals surface area contributed by atoms with Crippen molar-refractivity contribution in [2.45, 2.75) is 175 Å². The Morgan fingerprint density at radius 1 is 0.553 bits per heavy atom. The van der Waals surface area contributed by atoms with Crippen LogP contribution in [0.3, 0.4) is 0 Å². The molecule has 1 N–H and O–H groups in total. The van der Waals surface area contributed by atoms with Crippen LogP contribution in [0.1, 0.15) is 175 Å². The van der Waals surface area contributed by atoms with Crippen LogP contribution < -0.4 is 0 Å². The van der Waals surface area contributed by atoms with Gasteiger partial charge in [0.15, 0.2) is 0 Å². The lowest BCUT2D eigenvalue weighted by Crippen LogP contribution is -2.29. The first-order valence-electron chi connectivity index (χ1n) is 17.2. The molecule has 0 aliphatic rings. The van der Waals surface area contributed by atoms with Gasteiger partial charge in [0, 0.05) is 6.54 Å². The highest BCUT2D eigenvalue weighted by Crippen LogP contribution is 2.20. The molecule has 0 bridgehead atoms. The van der Waals surface area contributed by atoms with E-state index in [4.69, 9.17) is 4.74 Å². The van der Waals surface area contributed by atoms with Gasteiger partial charge in [0.25, 0.3) is 0 Å². The zero-order valence-corrected chi connectivity index (χ0v) is 26.3. The number of hydrogen-bond acceptors (Lipinski definition) is 4. The van der Waals surface area contributed by atoms with Crippen molar-refractivity contribution in [2.75, 3.05) is 32.8 Å². The number of hydrogen-bond donors (Lipinski definition) is 1. The Kier molecular flexibility index (Phi) is 30.4. The topological polar surface area (TPSA) is 49.8 Å². The lowest BCUT2D eigenvalue weighted by Gasteiger charge is -2.21. The number of nitrogens with zero attached hydrogens (tertiary/aromatic N) is 1. The average molecular weight is 540 g/mol. The average Bonchev–Trinajstić information content (AvgIpc) is 2.92. The molecule has 0 aromatic carbocycles. The van der Waals surface area contributed by atoms with E-state index in [0.29, 0.717) is 6.61 Å². The Morgan fingerprint density at radius 2 is 0.947 bits per heavy atom. The number of ether oxygens (including phenoxy) is 1. The molecule has 0 radical (unpaired) electrons. The van der Waals surface area contributed by atoms with Gasteiger partial charge >= 0.3 is 5.97 Å². The van der Waals surface area contributed by atoms with Crippen LogP contribution in [-0.4, -0.2) is 48.8 Å². The molecule has 0 aliphatic heterocycles. The molecule has 0 fully saturated rings. The van der Waals surface area contributed by atoms with Gasteiger partial charge in [-0.1, -0.05) is 143 Å². The largest absolute Gasteiger partial charge is 0.465 e. The molecular weight excluding hydrogens is 470 g/mol. The lowest BCUT2D eigenvalue weighted by molar-refractivity contribution is -0.149. The monoisotopic (exact) mass is 540 g/mol. The van der Waals surface area contributed by atoms with Crippen molar-refractivity contribution in [1.82, 2.24) is 4.90 Å². The maximum Gasteiger partial charge on any atom is 0.308 e. The van der Waals surface area contributed by atoms with Crippen LogP contribution in [0.5, 0.6) is 0 Å². The second-order valence-corrected chi connectivity index (χ2v) is 11.7. The number of rotatable bonds is 31. The predicted molar refractivity (Wildman–Crippen MR) is 166 cm³/mol. The minimum atomic E-state index is 0.0667.